The molecule has 1 heterocycles. The largest absolute Gasteiger partial charge is 0.496 e. The number of ketones is 1. The summed E-state index contributed by atoms with van der Waals surface area (Å²) in [5, 5.41) is 9.99. The molecular formula is C16H23NO4. The molecule has 21 heavy (non-hydrogen) atoms. The molecule has 5 heteroatoms. The number of β-amino-alcohol motifs (C(OH)–C–C–N with tert-alkyl or cyclic N) is 1. The van der Waals surface area contributed by atoms with Crippen LogP contribution in [-0.2, 0) is 16.1 Å². The predicted molar refractivity (Wildman–Crippen MR) is 79.3 cm³/mol. The summed E-state index contributed by atoms with van der Waals surface area (Å²) < 4.78 is 10.8. The molecule has 0 saturated carbocycles. The van der Waals surface area contributed by atoms with Gasteiger partial charge in [0.05, 0.1) is 26.4 Å². The van der Waals surface area contributed by atoms with Crippen molar-refractivity contribution in [2.45, 2.75) is 25.6 Å². The van der Waals surface area contributed by atoms with E-state index in [2.05, 4.69) is 4.90 Å². The van der Waals surface area contributed by atoms with Crippen molar-refractivity contribution in [3.05, 3.63) is 29.8 Å². The summed E-state index contributed by atoms with van der Waals surface area (Å²) in [4.78, 5) is 13.3. The Labute approximate surface area is 125 Å². The minimum Gasteiger partial charge on any atom is -0.496 e. The molecule has 2 rings (SSSR count). The molecule has 116 valence electrons. The van der Waals surface area contributed by atoms with Crippen LogP contribution >= 0.6 is 0 Å². The van der Waals surface area contributed by atoms with Gasteiger partial charge in [0.25, 0.3) is 0 Å². The minimum absolute atomic E-state index is 0.280. The molecule has 1 aromatic rings. The first-order valence-electron chi connectivity index (χ1n) is 7.31. The number of aliphatic hydroxyl groups is 1. The van der Waals surface area contributed by atoms with Gasteiger partial charge in [0.1, 0.15) is 11.5 Å². The van der Waals surface area contributed by atoms with Crippen LogP contribution in [0.1, 0.15) is 18.4 Å². The van der Waals surface area contributed by atoms with E-state index < -0.39 is 6.10 Å². The van der Waals surface area contributed by atoms with Gasteiger partial charge in [-0.15, -0.1) is 0 Å². The first kappa shape index (κ1) is 15.9. The lowest BCUT2D eigenvalue weighted by Crippen LogP contribution is -2.40. The number of benzene rings is 1. The van der Waals surface area contributed by atoms with Gasteiger partial charge in [0, 0.05) is 38.0 Å². The van der Waals surface area contributed by atoms with E-state index >= 15 is 0 Å². The molecule has 0 bridgehead atoms. The van der Waals surface area contributed by atoms with E-state index in [9.17, 15) is 9.90 Å². The van der Waals surface area contributed by atoms with Gasteiger partial charge in [0.15, 0.2) is 0 Å². The van der Waals surface area contributed by atoms with Crippen LogP contribution in [-0.4, -0.2) is 55.2 Å². The van der Waals surface area contributed by atoms with E-state index in [1.54, 1.807) is 7.11 Å². The Morgan fingerprint density at radius 2 is 2.00 bits per heavy atom. The van der Waals surface area contributed by atoms with E-state index in [1.165, 1.54) is 0 Å². The topological polar surface area (TPSA) is 59.0 Å². The number of Topliss-reactive ketones (excluding diaryl/α,β-unsaturated/α-hetero) is 1. The van der Waals surface area contributed by atoms with Gasteiger partial charge in [0.2, 0.25) is 0 Å². The van der Waals surface area contributed by atoms with Crippen LogP contribution in [0.15, 0.2) is 24.3 Å². The number of hydrogen-bond donors (Lipinski definition) is 1. The number of carbonyl (C=O) groups excluding carboxylic acids is 1. The van der Waals surface area contributed by atoms with Crippen LogP contribution in [0.25, 0.3) is 0 Å². The van der Waals surface area contributed by atoms with Crippen molar-refractivity contribution in [3.8, 4) is 5.75 Å². The quantitative estimate of drug-likeness (QED) is 0.819. The number of nitrogens with zero attached hydrogens (tertiary/aromatic N) is 1. The Hall–Kier alpha value is -1.43. The summed E-state index contributed by atoms with van der Waals surface area (Å²) in [6.45, 7) is 2.73. The van der Waals surface area contributed by atoms with E-state index in [0.29, 0.717) is 31.8 Å². The summed E-state index contributed by atoms with van der Waals surface area (Å²) in [6, 6.07) is 7.68. The molecule has 1 N–H and O–H groups in total. The molecule has 1 aliphatic heterocycles. The van der Waals surface area contributed by atoms with Crippen molar-refractivity contribution in [3.63, 3.8) is 0 Å². The standard InChI is InChI=1S/C16H23NO4/c1-20-16-5-3-2-4-13(16)11-21-12-15(19)10-17-8-6-14(18)7-9-17/h2-5,15,19H,6-12H2,1H3. The highest BCUT2D eigenvalue weighted by atomic mass is 16.5. The van der Waals surface area contributed by atoms with Gasteiger partial charge in [-0.1, -0.05) is 18.2 Å². The highest BCUT2D eigenvalue weighted by Crippen LogP contribution is 2.18. The van der Waals surface area contributed by atoms with Crippen LogP contribution in [0.5, 0.6) is 5.75 Å². The predicted octanol–water partition coefficient (Wildman–Crippen LogP) is 1.24. The maximum atomic E-state index is 11.2. The van der Waals surface area contributed by atoms with Crippen molar-refractivity contribution >= 4 is 5.78 Å². The molecule has 1 atom stereocenters. The fraction of sp³-hybridized carbons (Fsp3) is 0.562. The lowest BCUT2D eigenvalue weighted by atomic mass is 10.1. The van der Waals surface area contributed by atoms with Crippen molar-refractivity contribution in [2.24, 2.45) is 0 Å². The summed E-state index contributed by atoms with van der Waals surface area (Å²) in [6.07, 6.45) is 0.650. The fourth-order valence-corrected chi connectivity index (χ4v) is 2.46. The van der Waals surface area contributed by atoms with Crippen molar-refractivity contribution < 1.29 is 19.4 Å². The molecule has 0 aromatic heterocycles. The van der Waals surface area contributed by atoms with Gasteiger partial charge in [-0.25, -0.2) is 0 Å². The zero-order valence-electron chi connectivity index (χ0n) is 12.5. The van der Waals surface area contributed by atoms with E-state index in [-0.39, 0.29) is 6.61 Å². The van der Waals surface area contributed by atoms with Crippen LogP contribution in [0.2, 0.25) is 0 Å². The first-order valence-corrected chi connectivity index (χ1v) is 7.31. The molecule has 1 aromatic carbocycles. The maximum absolute atomic E-state index is 11.2. The maximum Gasteiger partial charge on any atom is 0.135 e. The minimum atomic E-state index is -0.534. The molecule has 1 saturated heterocycles. The number of carbonyl (C=O) groups is 1. The number of likely N-dealkylation sites (tertiary alicyclic amines) is 1. The monoisotopic (exact) mass is 293 g/mol. The summed E-state index contributed by atoms with van der Waals surface area (Å²) >= 11 is 0. The molecule has 0 radical (unpaired) electrons. The zero-order valence-corrected chi connectivity index (χ0v) is 12.5. The third kappa shape index (κ3) is 5.12. The molecule has 1 fully saturated rings. The van der Waals surface area contributed by atoms with Crippen molar-refractivity contribution in [2.75, 3.05) is 33.4 Å². The molecule has 5 nitrogen and oxygen atoms in total. The van der Waals surface area contributed by atoms with Crippen LogP contribution in [0.3, 0.4) is 0 Å². The second-order valence-electron chi connectivity index (χ2n) is 5.32. The van der Waals surface area contributed by atoms with Crippen LogP contribution < -0.4 is 4.74 Å². The number of para-hydroxylation sites is 1. The van der Waals surface area contributed by atoms with Crippen molar-refractivity contribution in [1.29, 1.82) is 0 Å². The van der Waals surface area contributed by atoms with Gasteiger partial charge in [-0.05, 0) is 6.07 Å². The number of methoxy groups -OCH3 is 1. The third-order valence-electron chi connectivity index (χ3n) is 3.64. The first-order chi connectivity index (χ1) is 10.2. The average molecular weight is 293 g/mol. The van der Waals surface area contributed by atoms with Gasteiger partial charge < -0.3 is 14.6 Å². The van der Waals surface area contributed by atoms with Gasteiger partial charge >= 0.3 is 0 Å². The summed E-state index contributed by atoms with van der Waals surface area (Å²) in [7, 11) is 1.63. The lowest BCUT2D eigenvalue weighted by Gasteiger charge is -2.27. The van der Waals surface area contributed by atoms with Crippen molar-refractivity contribution in [1.82, 2.24) is 4.90 Å². The summed E-state index contributed by atoms with van der Waals surface area (Å²) in [5.41, 5.74) is 0.968. The highest BCUT2D eigenvalue weighted by molar-refractivity contribution is 5.79. The number of rotatable bonds is 7. The summed E-state index contributed by atoms with van der Waals surface area (Å²) in [5.74, 6) is 1.11. The van der Waals surface area contributed by atoms with E-state index in [0.717, 1.165) is 24.4 Å². The average Bonchev–Trinajstić information content (AvgIpc) is 2.50. The second-order valence-corrected chi connectivity index (χ2v) is 5.32. The fourth-order valence-electron chi connectivity index (χ4n) is 2.46. The Kier molecular flexibility index (Phi) is 6.17. The third-order valence-corrected chi connectivity index (χ3v) is 3.64. The Bertz CT molecular complexity index is 453. The van der Waals surface area contributed by atoms with E-state index in [1.807, 2.05) is 24.3 Å². The molecule has 1 aliphatic rings. The number of hydrogen-bond acceptors (Lipinski definition) is 5. The molecule has 1 unspecified atom stereocenters. The number of aliphatic hydroxyl groups excluding tert-OH is 1. The molecule has 0 amide bonds. The highest BCUT2D eigenvalue weighted by Gasteiger charge is 2.18. The van der Waals surface area contributed by atoms with Crippen LogP contribution in [0.4, 0.5) is 0 Å². The molecule has 0 aliphatic carbocycles. The molecular weight excluding hydrogens is 270 g/mol. The Morgan fingerprint density at radius 1 is 1.29 bits per heavy atom. The Morgan fingerprint density at radius 3 is 2.71 bits per heavy atom. The van der Waals surface area contributed by atoms with Crippen LogP contribution in [0, 0.1) is 0 Å². The normalized spacial score (nSPS) is 17.7. The Balaban J connectivity index is 1.69. The molecule has 0 spiro atoms. The number of piperidine rings is 1. The zero-order chi connectivity index (χ0) is 15.1. The van der Waals surface area contributed by atoms with E-state index in [4.69, 9.17) is 9.47 Å². The van der Waals surface area contributed by atoms with Gasteiger partial charge in [-0.3, -0.25) is 9.69 Å². The van der Waals surface area contributed by atoms with Gasteiger partial charge in [-0.2, -0.15) is 0 Å². The lowest BCUT2D eigenvalue weighted by molar-refractivity contribution is -0.121. The smallest absolute Gasteiger partial charge is 0.135 e. The SMILES string of the molecule is COc1ccccc1COCC(O)CN1CCC(=O)CC1. The number of ether oxygens (including phenoxy) is 2. The second kappa shape index (κ2) is 8.12.